The number of ether oxygens (including phenoxy) is 1. The van der Waals surface area contributed by atoms with Crippen molar-refractivity contribution >= 4 is 38.6 Å². The predicted octanol–water partition coefficient (Wildman–Crippen LogP) is 5.20. The highest BCUT2D eigenvalue weighted by Crippen LogP contribution is 2.32. The van der Waals surface area contributed by atoms with E-state index in [1.807, 2.05) is 19.9 Å². The van der Waals surface area contributed by atoms with Crippen LogP contribution in [-0.4, -0.2) is 20.4 Å². The topological polar surface area (TPSA) is 103 Å². The average molecular weight is 540 g/mol. The number of fused-ring (bicyclic) bond motifs is 1. The van der Waals surface area contributed by atoms with E-state index < -0.39 is 27.7 Å². The van der Waals surface area contributed by atoms with Gasteiger partial charge < -0.3 is 9.15 Å². The zero-order valence-corrected chi connectivity index (χ0v) is 21.9. The molecule has 0 unspecified atom stereocenters. The zero-order valence-electron chi connectivity index (χ0n) is 20.4. The molecule has 0 saturated heterocycles. The first-order valence-electron chi connectivity index (χ1n) is 11.8. The molecule has 37 heavy (non-hydrogen) atoms. The Kier molecular flexibility index (Phi) is 8.12. The number of nitrogens with one attached hydrogen (secondary N) is 1. The van der Waals surface area contributed by atoms with Gasteiger partial charge in [0, 0.05) is 17.5 Å². The van der Waals surface area contributed by atoms with Crippen molar-refractivity contribution in [2.24, 2.45) is 0 Å². The molecule has 0 radical (unpaired) electrons. The second kappa shape index (κ2) is 11.3. The van der Waals surface area contributed by atoms with Crippen LogP contribution in [-0.2, 0) is 27.7 Å². The zero-order chi connectivity index (χ0) is 26.6. The summed E-state index contributed by atoms with van der Waals surface area (Å²) in [5.74, 6) is -0.892. The number of benzene rings is 3. The van der Waals surface area contributed by atoms with E-state index in [0.29, 0.717) is 11.8 Å². The van der Waals surface area contributed by atoms with E-state index in [1.165, 1.54) is 24.3 Å². The second-order valence-electron chi connectivity index (χ2n) is 8.72. The van der Waals surface area contributed by atoms with Gasteiger partial charge in [0.2, 0.25) is 10.0 Å². The molecule has 0 saturated carbocycles. The molecule has 0 amide bonds. The number of halogens is 1. The molecule has 0 bridgehead atoms. The monoisotopic (exact) mass is 539 g/mol. The number of rotatable bonds is 9. The molecule has 1 N–H and O–H groups in total. The van der Waals surface area contributed by atoms with Crippen LogP contribution in [0.2, 0.25) is 5.02 Å². The summed E-state index contributed by atoms with van der Waals surface area (Å²) in [6.45, 7) is 3.84. The van der Waals surface area contributed by atoms with E-state index in [9.17, 15) is 18.0 Å². The second-order valence-corrected chi connectivity index (χ2v) is 10.8. The van der Waals surface area contributed by atoms with Crippen molar-refractivity contribution in [3.05, 3.63) is 105 Å². The van der Waals surface area contributed by atoms with Gasteiger partial charge in [-0.25, -0.2) is 18.0 Å². The average Bonchev–Trinajstić information content (AvgIpc) is 2.85. The molecule has 7 nitrogen and oxygen atoms in total. The Bertz CT molecular complexity index is 1580. The van der Waals surface area contributed by atoms with E-state index in [1.54, 1.807) is 42.5 Å². The molecule has 0 aliphatic carbocycles. The molecule has 9 heteroatoms. The molecule has 1 heterocycles. The number of esters is 1. The summed E-state index contributed by atoms with van der Waals surface area (Å²) >= 11 is 6.43. The van der Waals surface area contributed by atoms with Gasteiger partial charge >= 0.3 is 11.6 Å². The van der Waals surface area contributed by atoms with Gasteiger partial charge in [0.05, 0.1) is 9.92 Å². The third-order valence-electron chi connectivity index (χ3n) is 5.81. The van der Waals surface area contributed by atoms with Crippen LogP contribution in [0, 0.1) is 6.92 Å². The summed E-state index contributed by atoms with van der Waals surface area (Å²) in [6.07, 6.45) is 1.51. The normalized spacial score (nSPS) is 12.4. The Hall–Kier alpha value is -3.46. The van der Waals surface area contributed by atoms with Gasteiger partial charge in [-0.1, -0.05) is 73.0 Å². The minimum absolute atomic E-state index is 0.0259. The first-order chi connectivity index (χ1) is 17.7. The first-order valence-corrected chi connectivity index (χ1v) is 13.6. The maximum Gasteiger partial charge on any atom is 0.336 e. The first kappa shape index (κ1) is 26.6. The lowest BCUT2D eigenvalue weighted by molar-refractivity contribution is -0.136. The number of aryl methyl sites for hydroxylation is 2. The maximum atomic E-state index is 13.3. The number of carbonyl (C=O) groups is 1. The Morgan fingerprint density at radius 2 is 1.76 bits per heavy atom. The minimum Gasteiger partial charge on any atom is -0.424 e. The lowest BCUT2D eigenvalue weighted by Crippen LogP contribution is -2.44. The van der Waals surface area contributed by atoms with Crippen molar-refractivity contribution < 1.29 is 22.4 Å². The summed E-state index contributed by atoms with van der Waals surface area (Å²) in [7, 11) is -4.04. The van der Waals surface area contributed by atoms with Gasteiger partial charge in [0.1, 0.15) is 11.6 Å². The highest BCUT2D eigenvalue weighted by molar-refractivity contribution is 7.89. The van der Waals surface area contributed by atoms with Gasteiger partial charge in [-0.05, 0) is 49.1 Å². The lowest BCUT2D eigenvalue weighted by Gasteiger charge is -2.19. The van der Waals surface area contributed by atoms with Crippen molar-refractivity contribution in [1.82, 2.24) is 4.72 Å². The molecule has 4 aromatic rings. The Labute approximate surface area is 220 Å². The van der Waals surface area contributed by atoms with Crippen LogP contribution in [0.25, 0.3) is 11.0 Å². The van der Waals surface area contributed by atoms with E-state index >= 15 is 0 Å². The van der Waals surface area contributed by atoms with Crippen molar-refractivity contribution in [3.63, 3.8) is 0 Å². The third kappa shape index (κ3) is 6.46. The van der Waals surface area contributed by atoms with E-state index in [-0.39, 0.29) is 27.7 Å². The smallest absolute Gasteiger partial charge is 0.336 e. The van der Waals surface area contributed by atoms with Gasteiger partial charge in [0.25, 0.3) is 0 Å². The standard InChI is InChI=1S/C28H26ClNO6S/c1-3-7-20-15-27(31)35-25-17-26(23(29)16-22(20)25)36-28(32)24(14-19-8-5-4-6-9-19)30-37(33,34)21-12-10-18(2)11-13-21/h4-6,8-13,15-17,24,30H,3,7,14H2,1-2H3/t24-/m0/s1. The highest BCUT2D eigenvalue weighted by Gasteiger charge is 2.28. The molecular formula is C28H26ClNO6S. The summed E-state index contributed by atoms with van der Waals surface area (Å²) in [5, 5.41) is 0.777. The van der Waals surface area contributed by atoms with Gasteiger partial charge in [-0.2, -0.15) is 4.72 Å². The van der Waals surface area contributed by atoms with E-state index in [0.717, 1.165) is 23.1 Å². The SMILES string of the molecule is CCCc1cc(=O)oc2cc(OC(=O)[C@H](Cc3ccccc3)NS(=O)(=O)c3ccc(C)cc3)c(Cl)cc12. The molecule has 192 valence electrons. The van der Waals surface area contributed by atoms with Crippen molar-refractivity contribution in [1.29, 1.82) is 0 Å². The number of sulfonamides is 1. The van der Waals surface area contributed by atoms with Gasteiger partial charge in [0.15, 0.2) is 5.75 Å². The number of carbonyl (C=O) groups excluding carboxylic acids is 1. The van der Waals surface area contributed by atoms with E-state index in [2.05, 4.69) is 4.72 Å². The molecule has 0 spiro atoms. The predicted molar refractivity (Wildman–Crippen MR) is 143 cm³/mol. The van der Waals surface area contributed by atoms with Crippen LogP contribution >= 0.6 is 11.6 Å². The largest absolute Gasteiger partial charge is 0.424 e. The highest BCUT2D eigenvalue weighted by atomic mass is 35.5. The Morgan fingerprint density at radius 1 is 1.05 bits per heavy atom. The molecule has 1 aromatic heterocycles. The molecule has 0 aliphatic heterocycles. The molecule has 3 aromatic carbocycles. The minimum atomic E-state index is -4.04. The third-order valence-corrected chi connectivity index (χ3v) is 7.59. The summed E-state index contributed by atoms with van der Waals surface area (Å²) in [6, 6.07) is 18.4. The maximum absolute atomic E-state index is 13.3. The number of hydrogen-bond donors (Lipinski definition) is 1. The summed E-state index contributed by atoms with van der Waals surface area (Å²) < 4.78 is 39.5. The fourth-order valence-corrected chi connectivity index (χ4v) is 5.34. The van der Waals surface area contributed by atoms with Gasteiger partial charge in [-0.3, -0.25) is 0 Å². The fourth-order valence-electron chi connectivity index (χ4n) is 3.96. The van der Waals surface area contributed by atoms with Crippen LogP contribution in [0.3, 0.4) is 0 Å². The summed E-state index contributed by atoms with van der Waals surface area (Å²) in [4.78, 5) is 25.4. The fraction of sp³-hybridized carbons (Fsp3) is 0.214. The van der Waals surface area contributed by atoms with Crippen LogP contribution in [0.15, 0.2) is 86.9 Å². The van der Waals surface area contributed by atoms with Crippen LogP contribution in [0.1, 0.15) is 30.0 Å². The van der Waals surface area contributed by atoms with Crippen molar-refractivity contribution in [3.8, 4) is 5.75 Å². The molecule has 0 aliphatic rings. The van der Waals surface area contributed by atoms with Crippen molar-refractivity contribution in [2.45, 2.75) is 44.0 Å². The van der Waals surface area contributed by atoms with E-state index in [4.69, 9.17) is 20.8 Å². The molecule has 0 fully saturated rings. The molecule has 4 rings (SSSR count). The van der Waals surface area contributed by atoms with Gasteiger partial charge in [-0.15, -0.1) is 0 Å². The quantitative estimate of drug-likeness (QED) is 0.178. The number of hydrogen-bond acceptors (Lipinski definition) is 6. The summed E-state index contributed by atoms with van der Waals surface area (Å²) in [5.41, 5.74) is 2.11. The Balaban J connectivity index is 1.67. The van der Waals surface area contributed by atoms with Crippen molar-refractivity contribution in [2.75, 3.05) is 0 Å². The molecular weight excluding hydrogens is 514 g/mol. The molecule has 1 atom stereocenters. The lowest BCUT2D eigenvalue weighted by atomic mass is 10.1. The van der Waals surface area contributed by atoms with Crippen LogP contribution < -0.4 is 15.1 Å². The Morgan fingerprint density at radius 3 is 2.43 bits per heavy atom. The van der Waals surface area contributed by atoms with Crippen LogP contribution in [0.4, 0.5) is 0 Å². The van der Waals surface area contributed by atoms with Crippen LogP contribution in [0.5, 0.6) is 5.75 Å².